The summed E-state index contributed by atoms with van der Waals surface area (Å²) in [7, 11) is 1.63. The molecule has 0 radical (unpaired) electrons. The van der Waals surface area contributed by atoms with Crippen LogP contribution < -0.4 is 5.32 Å². The molecule has 1 fully saturated rings. The predicted molar refractivity (Wildman–Crippen MR) is 100.0 cm³/mol. The van der Waals surface area contributed by atoms with Crippen molar-refractivity contribution in [2.75, 3.05) is 13.7 Å². The molecule has 3 rings (SSSR count). The third kappa shape index (κ3) is 4.05. The molecule has 5 heteroatoms. The number of carboxylic acids is 1. The van der Waals surface area contributed by atoms with Crippen molar-refractivity contribution in [3.8, 4) is 0 Å². The van der Waals surface area contributed by atoms with Gasteiger partial charge in [-0.1, -0.05) is 42.5 Å². The molecule has 2 aromatic carbocycles. The lowest BCUT2D eigenvalue weighted by molar-refractivity contribution is -0.142. The lowest BCUT2D eigenvalue weighted by Gasteiger charge is -2.40. The summed E-state index contributed by atoms with van der Waals surface area (Å²) in [6.45, 7) is 0.122. The van der Waals surface area contributed by atoms with E-state index in [1.54, 1.807) is 7.11 Å². The van der Waals surface area contributed by atoms with E-state index in [1.807, 2.05) is 42.5 Å². The largest absolute Gasteiger partial charge is 0.481 e. The van der Waals surface area contributed by atoms with E-state index >= 15 is 0 Å². The zero-order valence-corrected chi connectivity index (χ0v) is 15.0. The highest BCUT2D eigenvalue weighted by atomic mass is 16.5. The number of ether oxygens (including phenoxy) is 1. The van der Waals surface area contributed by atoms with E-state index in [2.05, 4.69) is 5.32 Å². The Morgan fingerprint density at radius 1 is 1.19 bits per heavy atom. The molecule has 1 unspecified atom stereocenters. The zero-order valence-electron chi connectivity index (χ0n) is 15.0. The Balaban J connectivity index is 1.64. The van der Waals surface area contributed by atoms with Gasteiger partial charge >= 0.3 is 5.97 Å². The number of hydrogen-bond donors (Lipinski definition) is 2. The van der Waals surface area contributed by atoms with Crippen molar-refractivity contribution in [3.05, 3.63) is 48.0 Å². The molecule has 26 heavy (non-hydrogen) atoms. The third-order valence-corrected chi connectivity index (χ3v) is 5.42. The first-order chi connectivity index (χ1) is 12.5. The van der Waals surface area contributed by atoms with E-state index in [-0.39, 0.29) is 18.1 Å². The van der Waals surface area contributed by atoms with Gasteiger partial charge in [0.1, 0.15) is 0 Å². The summed E-state index contributed by atoms with van der Waals surface area (Å²) in [5.74, 6) is -1.70. The first-order valence-electron chi connectivity index (χ1n) is 9.04. The number of fused-ring (bicyclic) bond motifs is 1. The van der Waals surface area contributed by atoms with Crippen LogP contribution in [-0.4, -0.2) is 36.2 Å². The lowest BCUT2D eigenvalue weighted by Crippen LogP contribution is -2.45. The second-order valence-electron chi connectivity index (χ2n) is 7.10. The van der Waals surface area contributed by atoms with Gasteiger partial charge in [0.15, 0.2) is 0 Å². The molecule has 138 valence electrons. The number of nitrogens with one attached hydrogen (secondary N) is 1. The van der Waals surface area contributed by atoms with Gasteiger partial charge in [0.05, 0.1) is 17.9 Å². The summed E-state index contributed by atoms with van der Waals surface area (Å²) in [6, 6.07) is 13.8. The first kappa shape index (κ1) is 18.4. The van der Waals surface area contributed by atoms with Crippen molar-refractivity contribution in [2.24, 2.45) is 5.92 Å². The minimum absolute atomic E-state index is 0.122. The van der Waals surface area contributed by atoms with Crippen LogP contribution in [0.25, 0.3) is 10.8 Å². The number of hydrogen-bond acceptors (Lipinski definition) is 3. The average molecular weight is 355 g/mol. The number of carbonyl (C=O) groups is 2. The number of amides is 1. The van der Waals surface area contributed by atoms with Crippen molar-refractivity contribution in [1.29, 1.82) is 0 Å². The van der Waals surface area contributed by atoms with Crippen molar-refractivity contribution in [2.45, 2.75) is 37.7 Å². The van der Waals surface area contributed by atoms with E-state index in [4.69, 9.17) is 4.74 Å². The maximum Gasteiger partial charge on any atom is 0.308 e. The molecule has 0 spiro atoms. The molecule has 1 aliphatic carbocycles. The minimum atomic E-state index is -0.900. The van der Waals surface area contributed by atoms with E-state index in [0.29, 0.717) is 12.8 Å². The van der Waals surface area contributed by atoms with Gasteiger partial charge in [0, 0.05) is 13.7 Å². The standard InChI is InChI=1S/C21H25NO4/c1-26-21(10-5-11-21)13-19(23)22-14-17(20(24)25)12-16-8-4-7-15-6-2-3-9-18(15)16/h2-4,6-9,17H,5,10-14H2,1H3,(H,22,23)(H,24,25). The number of carboxylic acid groups (broad SMARTS) is 1. The van der Waals surface area contributed by atoms with Crippen LogP contribution in [0.2, 0.25) is 0 Å². The van der Waals surface area contributed by atoms with Gasteiger partial charge in [0.2, 0.25) is 5.91 Å². The van der Waals surface area contributed by atoms with Gasteiger partial charge < -0.3 is 15.2 Å². The summed E-state index contributed by atoms with van der Waals surface area (Å²) in [5, 5.41) is 14.5. The molecule has 0 bridgehead atoms. The molecular weight excluding hydrogens is 330 g/mol. The van der Waals surface area contributed by atoms with Gasteiger partial charge in [-0.25, -0.2) is 0 Å². The van der Waals surface area contributed by atoms with E-state index < -0.39 is 11.9 Å². The number of benzene rings is 2. The normalized spacial score (nSPS) is 16.7. The van der Waals surface area contributed by atoms with Gasteiger partial charge in [-0.2, -0.15) is 0 Å². The van der Waals surface area contributed by atoms with E-state index in [1.165, 1.54) is 0 Å². The van der Waals surface area contributed by atoms with E-state index in [9.17, 15) is 14.7 Å². The number of aliphatic carboxylic acids is 1. The summed E-state index contributed by atoms with van der Waals surface area (Å²) >= 11 is 0. The monoisotopic (exact) mass is 355 g/mol. The molecule has 1 aliphatic rings. The fraction of sp³-hybridized carbons (Fsp3) is 0.429. The van der Waals surface area contributed by atoms with Crippen LogP contribution in [0.3, 0.4) is 0 Å². The topological polar surface area (TPSA) is 75.6 Å². The van der Waals surface area contributed by atoms with Crippen molar-refractivity contribution in [3.63, 3.8) is 0 Å². The highest BCUT2D eigenvalue weighted by molar-refractivity contribution is 5.86. The molecule has 0 aliphatic heterocycles. The first-order valence-corrected chi connectivity index (χ1v) is 9.04. The third-order valence-electron chi connectivity index (χ3n) is 5.42. The maximum absolute atomic E-state index is 12.2. The summed E-state index contributed by atoms with van der Waals surface area (Å²) in [5.41, 5.74) is 0.635. The van der Waals surface area contributed by atoms with Gasteiger partial charge in [-0.3, -0.25) is 9.59 Å². The molecule has 1 amide bonds. The fourth-order valence-electron chi connectivity index (χ4n) is 3.60. The Labute approximate surface area is 153 Å². The van der Waals surface area contributed by atoms with Crippen LogP contribution in [0.5, 0.6) is 0 Å². The SMILES string of the molecule is COC1(CC(=O)NCC(Cc2cccc3ccccc23)C(=O)O)CCC1. The van der Waals surface area contributed by atoms with Crippen LogP contribution in [-0.2, 0) is 20.7 Å². The van der Waals surface area contributed by atoms with Crippen molar-refractivity contribution in [1.82, 2.24) is 5.32 Å². The van der Waals surface area contributed by atoms with Crippen LogP contribution in [0.15, 0.2) is 42.5 Å². The molecular formula is C21H25NO4. The molecule has 5 nitrogen and oxygen atoms in total. The molecule has 2 aromatic rings. The highest BCUT2D eigenvalue weighted by Crippen LogP contribution is 2.37. The van der Waals surface area contributed by atoms with Gasteiger partial charge in [0.25, 0.3) is 0 Å². The van der Waals surface area contributed by atoms with Crippen LogP contribution in [0.1, 0.15) is 31.2 Å². The number of rotatable bonds is 8. The Bertz CT molecular complexity index is 787. The van der Waals surface area contributed by atoms with Crippen molar-refractivity contribution < 1.29 is 19.4 Å². The molecule has 1 saturated carbocycles. The summed E-state index contributed by atoms with van der Waals surface area (Å²) < 4.78 is 5.47. The fourth-order valence-corrected chi connectivity index (χ4v) is 3.60. The Kier molecular flexibility index (Phi) is 5.57. The second-order valence-corrected chi connectivity index (χ2v) is 7.10. The Hall–Kier alpha value is -2.40. The number of carbonyl (C=O) groups excluding carboxylic acids is 1. The van der Waals surface area contributed by atoms with Crippen molar-refractivity contribution >= 4 is 22.6 Å². The molecule has 0 saturated heterocycles. The van der Waals surface area contributed by atoms with Crippen LogP contribution in [0.4, 0.5) is 0 Å². The minimum Gasteiger partial charge on any atom is -0.481 e. The van der Waals surface area contributed by atoms with E-state index in [0.717, 1.165) is 35.6 Å². The van der Waals surface area contributed by atoms with Crippen LogP contribution >= 0.6 is 0 Å². The molecule has 0 heterocycles. The Morgan fingerprint density at radius 2 is 1.92 bits per heavy atom. The molecule has 1 atom stereocenters. The van der Waals surface area contributed by atoms with Crippen LogP contribution in [0, 0.1) is 5.92 Å². The zero-order chi connectivity index (χ0) is 18.6. The smallest absolute Gasteiger partial charge is 0.308 e. The van der Waals surface area contributed by atoms with Gasteiger partial charge in [-0.15, -0.1) is 0 Å². The summed E-state index contributed by atoms with van der Waals surface area (Å²) in [4.78, 5) is 23.9. The van der Waals surface area contributed by atoms with Gasteiger partial charge in [-0.05, 0) is 42.0 Å². The quantitative estimate of drug-likeness (QED) is 0.763. The predicted octanol–water partition coefficient (Wildman–Crippen LogP) is 3.16. The summed E-state index contributed by atoms with van der Waals surface area (Å²) in [6.07, 6.45) is 3.51. The second kappa shape index (κ2) is 7.87. The number of methoxy groups -OCH3 is 1. The molecule has 0 aromatic heterocycles. The highest BCUT2D eigenvalue weighted by Gasteiger charge is 2.39. The Morgan fingerprint density at radius 3 is 2.58 bits per heavy atom. The molecule has 2 N–H and O–H groups in total. The lowest BCUT2D eigenvalue weighted by atomic mass is 9.77. The average Bonchev–Trinajstić information content (AvgIpc) is 2.61. The maximum atomic E-state index is 12.2.